The van der Waals surface area contributed by atoms with Gasteiger partial charge >= 0.3 is 0 Å². The van der Waals surface area contributed by atoms with Crippen molar-refractivity contribution >= 4 is 12.0 Å². The van der Waals surface area contributed by atoms with Crippen LogP contribution in [0, 0.1) is 5.92 Å². The molecular formula is C14H20N2O3. The van der Waals surface area contributed by atoms with E-state index in [1.807, 2.05) is 6.07 Å². The standard InChI is InChI=1S/C14H20N2O3/c1-18-14(19-2)11-5-7-16(8-6-11)13-4-3-12(10-17)15-9-13/h3-4,9-11,14H,5-8H2,1-2H3. The molecule has 0 atom stereocenters. The third-order valence-electron chi connectivity index (χ3n) is 3.65. The molecule has 104 valence electrons. The first kappa shape index (κ1) is 14.0. The van der Waals surface area contributed by atoms with E-state index in [-0.39, 0.29) is 6.29 Å². The van der Waals surface area contributed by atoms with Gasteiger partial charge in [-0.1, -0.05) is 0 Å². The Hall–Kier alpha value is -1.46. The van der Waals surface area contributed by atoms with Gasteiger partial charge in [0.15, 0.2) is 12.6 Å². The van der Waals surface area contributed by atoms with Crippen molar-refractivity contribution in [3.8, 4) is 0 Å². The summed E-state index contributed by atoms with van der Waals surface area (Å²) < 4.78 is 10.6. The average molecular weight is 264 g/mol. The van der Waals surface area contributed by atoms with Crippen molar-refractivity contribution in [2.45, 2.75) is 19.1 Å². The molecule has 1 aromatic rings. The van der Waals surface area contributed by atoms with E-state index in [4.69, 9.17) is 9.47 Å². The maximum Gasteiger partial charge on any atom is 0.168 e. The minimum atomic E-state index is -0.113. The molecule has 5 nitrogen and oxygen atoms in total. The Balaban J connectivity index is 1.93. The summed E-state index contributed by atoms with van der Waals surface area (Å²) in [5, 5.41) is 0. The van der Waals surface area contributed by atoms with Gasteiger partial charge in [0.2, 0.25) is 0 Å². The summed E-state index contributed by atoms with van der Waals surface area (Å²) in [7, 11) is 3.37. The fourth-order valence-corrected chi connectivity index (χ4v) is 2.57. The predicted molar refractivity (Wildman–Crippen MR) is 72.4 cm³/mol. The van der Waals surface area contributed by atoms with Crippen LogP contribution in [0.15, 0.2) is 18.3 Å². The van der Waals surface area contributed by atoms with Crippen molar-refractivity contribution in [1.82, 2.24) is 4.98 Å². The van der Waals surface area contributed by atoms with Gasteiger partial charge in [0.1, 0.15) is 5.69 Å². The zero-order valence-electron chi connectivity index (χ0n) is 11.4. The van der Waals surface area contributed by atoms with Gasteiger partial charge in [-0.2, -0.15) is 0 Å². The van der Waals surface area contributed by atoms with Crippen LogP contribution in [-0.2, 0) is 9.47 Å². The van der Waals surface area contributed by atoms with Gasteiger partial charge in [0, 0.05) is 33.2 Å². The lowest BCUT2D eigenvalue weighted by atomic mass is 9.96. The number of hydrogen-bond donors (Lipinski definition) is 0. The number of methoxy groups -OCH3 is 2. The van der Waals surface area contributed by atoms with E-state index < -0.39 is 0 Å². The number of carbonyl (C=O) groups excluding carboxylic acids is 1. The number of anilines is 1. The first-order valence-corrected chi connectivity index (χ1v) is 6.50. The summed E-state index contributed by atoms with van der Waals surface area (Å²) in [6, 6.07) is 3.70. The van der Waals surface area contributed by atoms with Crippen molar-refractivity contribution in [2.75, 3.05) is 32.2 Å². The maximum atomic E-state index is 10.6. The summed E-state index contributed by atoms with van der Waals surface area (Å²) in [5.74, 6) is 0.438. The van der Waals surface area contributed by atoms with E-state index in [0.29, 0.717) is 11.6 Å². The van der Waals surface area contributed by atoms with E-state index in [9.17, 15) is 4.79 Å². The van der Waals surface area contributed by atoms with Crippen LogP contribution >= 0.6 is 0 Å². The summed E-state index contributed by atoms with van der Waals surface area (Å²) in [6.45, 7) is 1.91. The van der Waals surface area contributed by atoms with Crippen LogP contribution < -0.4 is 4.90 Å². The number of nitrogens with zero attached hydrogens (tertiary/aromatic N) is 2. The monoisotopic (exact) mass is 264 g/mol. The van der Waals surface area contributed by atoms with Gasteiger partial charge in [-0.15, -0.1) is 0 Å². The fourth-order valence-electron chi connectivity index (χ4n) is 2.57. The SMILES string of the molecule is COC(OC)C1CCN(c2ccc(C=O)nc2)CC1. The zero-order valence-corrected chi connectivity index (χ0v) is 11.4. The van der Waals surface area contributed by atoms with Gasteiger partial charge in [-0.3, -0.25) is 9.78 Å². The summed E-state index contributed by atoms with van der Waals surface area (Å²) in [4.78, 5) is 17.0. The molecule has 1 saturated heterocycles. The maximum absolute atomic E-state index is 10.6. The fraction of sp³-hybridized carbons (Fsp3) is 0.571. The quantitative estimate of drug-likeness (QED) is 0.599. The minimum absolute atomic E-state index is 0.113. The highest BCUT2D eigenvalue weighted by Gasteiger charge is 2.26. The zero-order chi connectivity index (χ0) is 13.7. The molecule has 1 fully saturated rings. The number of ether oxygens (including phenoxy) is 2. The van der Waals surface area contributed by atoms with Crippen molar-refractivity contribution < 1.29 is 14.3 Å². The number of rotatable bonds is 5. The first-order chi connectivity index (χ1) is 9.28. The Morgan fingerprint density at radius 3 is 2.47 bits per heavy atom. The Kier molecular flexibility index (Phi) is 4.87. The van der Waals surface area contributed by atoms with Crippen LogP contribution in [0.3, 0.4) is 0 Å². The van der Waals surface area contributed by atoms with Crippen molar-refractivity contribution in [3.63, 3.8) is 0 Å². The molecule has 5 heteroatoms. The van der Waals surface area contributed by atoms with Crippen LogP contribution in [0.5, 0.6) is 0 Å². The molecule has 0 amide bonds. The molecule has 0 unspecified atom stereocenters. The number of hydrogen-bond acceptors (Lipinski definition) is 5. The molecule has 0 spiro atoms. The summed E-state index contributed by atoms with van der Waals surface area (Å²) >= 11 is 0. The molecule has 1 aliphatic heterocycles. The second kappa shape index (κ2) is 6.63. The molecule has 0 aliphatic carbocycles. The van der Waals surface area contributed by atoms with Gasteiger partial charge < -0.3 is 14.4 Å². The van der Waals surface area contributed by atoms with Gasteiger partial charge in [0.05, 0.1) is 11.9 Å². The lowest BCUT2D eigenvalue weighted by Gasteiger charge is -2.35. The summed E-state index contributed by atoms with van der Waals surface area (Å²) in [6.07, 6.45) is 4.47. The molecule has 2 heterocycles. The Labute approximate surface area is 113 Å². The summed E-state index contributed by atoms with van der Waals surface area (Å²) in [5.41, 5.74) is 1.54. The second-order valence-corrected chi connectivity index (χ2v) is 4.72. The number of aromatic nitrogens is 1. The van der Waals surface area contributed by atoms with E-state index in [1.165, 1.54) is 0 Å². The smallest absolute Gasteiger partial charge is 0.168 e. The van der Waals surface area contributed by atoms with Crippen LogP contribution in [0.2, 0.25) is 0 Å². The lowest BCUT2D eigenvalue weighted by molar-refractivity contribution is -0.141. The highest BCUT2D eigenvalue weighted by Crippen LogP contribution is 2.26. The van der Waals surface area contributed by atoms with Crippen LogP contribution in [0.4, 0.5) is 5.69 Å². The highest BCUT2D eigenvalue weighted by molar-refractivity contribution is 5.72. The molecule has 0 bridgehead atoms. The molecule has 2 rings (SSSR count). The van der Waals surface area contributed by atoms with Gasteiger partial charge in [-0.05, 0) is 25.0 Å². The van der Waals surface area contributed by atoms with E-state index >= 15 is 0 Å². The van der Waals surface area contributed by atoms with Crippen LogP contribution in [0.1, 0.15) is 23.3 Å². The molecule has 0 N–H and O–H groups in total. The molecule has 1 aromatic heterocycles. The van der Waals surface area contributed by atoms with E-state index in [0.717, 1.165) is 37.9 Å². The molecule has 1 aliphatic rings. The van der Waals surface area contributed by atoms with Gasteiger partial charge in [-0.25, -0.2) is 0 Å². The molecule has 0 saturated carbocycles. The second-order valence-electron chi connectivity index (χ2n) is 4.72. The molecule has 0 aromatic carbocycles. The van der Waals surface area contributed by atoms with Crippen LogP contribution in [0.25, 0.3) is 0 Å². The third kappa shape index (κ3) is 3.30. The number of pyridine rings is 1. The Morgan fingerprint density at radius 1 is 1.32 bits per heavy atom. The average Bonchev–Trinajstić information content (AvgIpc) is 2.49. The highest BCUT2D eigenvalue weighted by atomic mass is 16.7. The normalized spacial score (nSPS) is 16.9. The van der Waals surface area contributed by atoms with E-state index in [2.05, 4.69) is 9.88 Å². The third-order valence-corrected chi connectivity index (χ3v) is 3.65. The number of carbonyl (C=O) groups is 1. The van der Waals surface area contributed by atoms with E-state index in [1.54, 1.807) is 26.5 Å². The first-order valence-electron chi connectivity index (χ1n) is 6.50. The lowest BCUT2D eigenvalue weighted by Crippen LogP contribution is -2.39. The van der Waals surface area contributed by atoms with Crippen LogP contribution in [-0.4, -0.2) is 44.9 Å². The van der Waals surface area contributed by atoms with Crippen molar-refractivity contribution in [2.24, 2.45) is 5.92 Å². The minimum Gasteiger partial charge on any atom is -0.370 e. The molecular weight excluding hydrogens is 244 g/mol. The number of aldehydes is 1. The molecule has 0 radical (unpaired) electrons. The van der Waals surface area contributed by atoms with Gasteiger partial charge in [0.25, 0.3) is 0 Å². The largest absolute Gasteiger partial charge is 0.370 e. The van der Waals surface area contributed by atoms with Crippen molar-refractivity contribution in [3.05, 3.63) is 24.0 Å². The topological polar surface area (TPSA) is 51.7 Å². The Bertz CT molecular complexity index is 396. The molecule has 19 heavy (non-hydrogen) atoms. The number of piperidine rings is 1. The van der Waals surface area contributed by atoms with Crippen molar-refractivity contribution in [1.29, 1.82) is 0 Å². The predicted octanol–water partition coefficient (Wildman–Crippen LogP) is 1.73. The Morgan fingerprint density at radius 2 is 2.00 bits per heavy atom.